The molecule has 1 fully saturated rings. The van der Waals surface area contributed by atoms with Crippen LogP contribution in [0.15, 0.2) is 47.5 Å². The molecule has 1 aromatic heterocycles. The van der Waals surface area contributed by atoms with Crippen LogP contribution in [-0.4, -0.2) is 53.0 Å². The number of benzene rings is 2. The Hall–Kier alpha value is -3.26. The summed E-state index contributed by atoms with van der Waals surface area (Å²) in [7, 11) is 2.05. The van der Waals surface area contributed by atoms with Crippen molar-refractivity contribution in [1.82, 2.24) is 14.9 Å². The van der Waals surface area contributed by atoms with Crippen LogP contribution in [0.2, 0.25) is 0 Å². The number of aromatic amines is 1. The normalized spacial score (nSPS) is 15.2. The van der Waals surface area contributed by atoms with Gasteiger partial charge in [-0.3, -0.25) is 14.9 Å². The molecule has 0 saturated carbocycles. The van der Waals surface area contributed by atoms with Crippen LogP contribution >= 0.6 is 0 Å². The molecule has 1 N–H and O–H groups in total. The van der Waals surface area contributed by atoms with E-state index in [9.17, 15) is 14.9 Å². The van der Waals surface area contributed by atoms with Gasteiger partial charge in [-0.2, -0.15) is 0 Å². The van der Waals surface area contributed by atoms with Crippen LogP contribution in [0.25, 0.3) is 22.0 Å². The zero-order chi connectivity index (χ0) is 19.0. The summed E-state index contributed by atoms with van der Waals surface area (Å²) < 4.78 is 0. The number of nitrogens with one attached hydrogen (secondary N) is 1. The van der Waals surface area contributed by atoms with Gasteiger partial charge < -0.3 is 14.8 Å². The minimum atomic E-state index is -0.321. The molecule has 2 heterocycles. The molecule has 0 atom stereocenters. The van der Waals surface area contributed by atoms with E-state index in [4.69, 9.17) is 0 Å². The SMILES string of the molecule is CN1CCN(c2cccc(-c3ccc4c(=O)[nH]cnc4c3)c2[N+](=O)[O-])CC1. The first-order chi connectivity index (χ1) is 13.0. The molecular weight excluding hydrogens is 346 g/mol. The topological polar surface area (TPSA) is 95.4 Å². The van der Waals surface area contributed by atoms with E-state index in [-0.39, 0.29) is 16.2 Å². The van der Waals surface area contributed by atoms with E-state index in [1.54, 1.807) is 30.3 Å². The molecule has 0 spiro atoms. The lowest BCUT2D eigenvalue weighted by Gasteiger charge is -2.33. The molecule has 1 aliphatic rings. The van der Waals surface area contributed by atoms with E-state index >= 15 is 0 Å². The second-order valence-electron chi connectivity index (χ2n) is 6.68. The number of piperazine rings is 1. The van der Waals surface area contributed by atoms with Crippen molar-refractivity contribution in [3.05, 3.63) is 63.2 Å². The van der Waals surface area contributed by atoms with Crippen molar-refractivity contribution in [3.8, 4) is 11.1 Å². The summed E-state index contributed by atoms with van der Waals surface area (Å²) in [5.74, 6) is 0. The lowest BCUT2D eigenvalue weighted by molar-refractivity contribution is -0.383. The number of H-pyrrole nitrogens is 1. The lowest BCUT2D eigenvalue weighted by atomic mass is 10.0. The number of nitro groups is 1. The number of aromatic nitrogens is 2. The Morgan fingerprint density at radius 1 is 1.15 bits per heavy atom. The van der Waals surface area contributed by atoms with Gasteiger partial charge in [0.1, 0.15) is 5.69 Å². The van der Waals surface area contributed by atoms with Gasteiger partial charge in [0.25, 0.3) is 11.2 Å². The van der Waals surface area contributed by atoms with E-state index in [0.29, 0.717) is 27.7 Å². The first kappa shape index (κ1) is 17.2. The Balaban J connectivity index is 1.84. The van der Waals surface area contributed by atoms with Crippen molar-refractivity contribution < 1.29 is 4.92 Å². The molecule has 1 aliphatic heterocycles. The largest absolute Gasteiger partial charge is 0.363 e. The molecular formula is C19H19N5O3. The van der Waals surface area contributed by atoms with Gasteiger partial charge in [-0.05, 0) is 36.9 Å². The zero-order valence-corrected chi connectivity index (χ0v) is 14.9. The number of rotatable bonds is 3. The molecule has 1 saturated heterocycles. The maximum atomic E-state index is 11.9. The summed E-state index contributed by atoms with van der Waals surface area (Å²) >= 11 is 0. The van der Waals surface area contributed by atoms with E-state index in [1.807, 2.05) is 13.1 Å². The molecule has 0 aliphatic carbocycles. The molecule has 0 unspecified atom stereocenters. The minimum Gasteiger partial charge on any atom is -0.363 e. The third-order valence-corrected chi connectivity index (χ3v) is 4.99. The second-order valence-corrected chi connectivity index (χ2v) is 6.68. The second kappa shape index (κ2) is 6.81. The Bertz CT molecular complexity index is 1070. The van der Waals surface area contributed by atoms with Crippen molar-refractivity contribution >= 4 is 22.3 Å². The highest BCUT2D eigenvalue weighted by atomic mass is 16.6. The smallest absolute Gasteiger partial charge is 0.300 e. The molecule has 0 bridgehead atoms. The van der Waals surface area contributed by atoms with Gasteiger partial charge in [0.2, 0.25) is 0 Å². The fourth-order valence-electron chi connectivity index (χ4n) is 3.49. The van der Waals surface area contributed by atoms with Crippen molar-refractivity contribution in [3.63, 3.8) is 0 Å². The molecule has 0 amide bonds. The average Bonchev–Trinajstić information content (AvgIpc) is 2.68. The van der Waals surface area contributed by atoms with Crippen molar-refractivity contribution in [1.29, 1.82) is 0 Å². The monoisotopic (exact) mass is 365 g/mol. The lowest BCUT2D eigenvalue weighted by Crippen LogP contribution is -2.44. The highest BCUT2D eigenvalue weighted by Crippen LogP contribution is 2.38. The van der Waals surface area contributed by atoms with E-state index < -0.39 is 0 Å². The molecule has 138 valence electrons. The van der Waals surface area contributed by atoms with E-state index in [0.717, 1.165) is 26.2 Å². The van der Waals surface area contributed by atoms with Crippen LogP contribution in [0.4, 0.5) is 11.4 Å². The van der Waals surface area contributed by atoms with Crippen LogP contribution in [0.5, 0.6) is 0 Å². The number of nitrogens with zero attached hydrogens (tertiary/aromatic N) is 4. The highest BCUT2D eigenvalue weighted by molar-refractivity contribution is 5.88. The molecule has 2 aromatic carbocycles. The molecule has 8 nitrogen and oxygen atoms in total. The molecule has 8 heteroatoms. The average molecular weight is 365 g/mol. The minimum absolute atomic E-state index is 0.0891. The Labute approximate surface area is 155 Å². The molecule has 3 aromatic rings. The number of para-hydroxylation sites is 1. The summed E-state index contributed by atoms with van der Waals surface area (Å²) in [6.45, 7) is 3.22. The first-order valence-corrected chi connectivity index (χ1v) is 8.73. The molecule has 0 radical (unpaired) electrons. The summed E-state index contributed by atoms with van der Waals surface area (Å²) in [6, 6.07) is 10.5. The van der Waals surface area contributed by atoms with Gasteiger partial charge in [0, 0.05) is 26.2 Å². The number of fused-ring (bicyclic) bond motifs is 1. The molecule has 4 rings (SSSR count). The van der Waals surface area contributed by atoms with Gasteiger partial charge in [-0.1, -0.05) is 12.1 Å². The summed E-state index contributed by atoms with van der Waals surface area (Å²) in [4.78, 5) is 34.5. The maximum Gasteiger partial charge on any atom is 0.300 e. The van der Waals surface area contributed by atoms with Crippen LogP contribution in [0, 0.1) is 10.1 Å². The maximum absolute atomic E-state index is 11.9. The van der Waals surface area contributed by atoms with Crippen LogP contribution < -0.4 is 10.5 Å². The predicted octanol–water partition coefficient (Wildman–Crippen LogP) is 2.25. The quantitative estimate of drug-likeness (QED) is 0.565. The number of hydrogen-bond donors (Lipinski definition) is 1. The number of nitro benzene ring substituents is 1. The van der Waals surface area contributed by atoms with Gasteiger partial charge in [-0.25, -0.2) is 4.98 Å². The van der Waals surface area contributed by atoms with Gasteiger partial charge >= 0.3 is 0 Å². The summed E-state index contributed by atoms with van der Waals surface area (Å²) in [5.41, 5.74) is 2.20. The summed E-state index contributed by atoms with van der Waals surface area (Å²) in [5, 5.41) is 12.4. The van der Waals surface area contributed by atoms with Crippen molar-refractivity contribution in [2.45, 2.75) is 0 Å². The van der Waals surface area contributed by atoms with Crippen molar-refractivity contribution in [2.24, 2.45) is 0 Å². The van der Waals surface area contributed by atoms with Gasteiger partial charge in [0.15, 0.2) is 0 Å². The first-order valence-electron chi connectivity index (χ1n) is 8.73. The zero-order valence-electron chi connectivity index (χ0n) is 14.9. The number of hydrogen-bond acceptors (Lipinski definition) is 6. The standard InChI is InChI=1S/C19H19N5O3/c1-22-7-9-23(10-8-22)17-4-2-3-14(18(17)24(26)27)13-5-6-15-16(11-13)20-12-21-19(15)25/h2-6,11-12H,7-10H2,1H3,(H,20,21,25). The van der Waals surface area contributed by atoms with E-state index in [1.165, 1.54) is 6.33 Å². The fraction of sp³-hybridized carbons (Fsp3) is 0.263. The van der Waals surface area contributed by atoms with Gasteiger partial charge in [0.05, 0.1) is 27.7 Å². The van der Waals surface area contributed by atoms with Crippen LogP contribution in [0.3, 0.4) is 0 Å². The Kier molecular flexibility index (Phi) is 4.33. The summed E-state index contributed by atoms with van der Waals surface area (Å²) in [6.07, 6.45) is 1.34. The Morgan fingerprint density at radius 2 is 1.93 bits per heavy atom. The fourth-order valence-corrected chi connectivity index (χ4v) is 3.49. The molecule has 27 heavy (non-hydrogen) atoms. The predicted molar refractivity (Wildman–Crippen MR) is 104 cm³/mol. The van der Waals surface area contributed by atoms with E-state index in [2.05, 4.69) is 19.8 Å². The highest BCUT2D eigenvalue weighted by Gasteiger charge is 2.26. The third kappa shape index (κ3) is 3.15. The number of anilines is 1. The Morgan fingerprint density at radius 3 is 2.67 bits per heavy atom. The number of likely N-dealkylation sites (N-methyl/N-ethyl adjacent to an activating group) is 1. The van der Waals surface area contributed by atoms with Gasteiger partial charge in [-0.15, -0.1) is 0 Å². The van der Waals surface area contributed by atoms with Crippen LogP contribution in [0.1, 0.15) is 0 Å². The van der Waals surface area contributed by atoms with Crippen molar-refractivity contribution in [2.75, 3.05) is 38.1 Å². The third-order valence-electron chi connectivity index (χ3n) is 4.99. The van der Waals surface area contributed by atoms with Crippen LogP contribution in [-0.2, 0) is 0 Å².